The normalized spacial score (nSPS) is 9.71. The molecule has 0 aromatic heterocycles. The van der Waals surface area contributed by atoms with Gasteiger partial charge in [0.15, 0.2) is 0 Å². The Morgan fingerprint density at radius 1 is 0.476 bits per heavy atom. The summed E-state index contributed by atoms with van der Waals surface area (Å²) >= 11 is 4.14. The van der Waals surface area contributed by atoms with Crippen molar-refractivity contribution in [3.8, 4) is 0 Å². The molecule has 0 rings (SSSR count). The summed E-state index contributed by atoms with van der Waals surface area (Å²) < 4.78 is 0. The van der Waals surface area contributed by atoms with E-state index < -0.39 is 0 Å². The third-order valence-electron chi connectivity index (χ3n) is 1.80. The van der Waals surface area contributed by atoms with Crippen molar-refractivity contribution in [3.05, 3.63) is 0 Å². The molecule has 0 atom stereocenters. The Balaban J connectivity index is -0.0000000711. The molecule has 21 heavy (non-hydrogen) atoms. The van der Waals surface area contributed by atoms with Crippen molar-refractivity contribution in [2.75, 3.05) is 23.0 Å². The van der Waals surface area contributed by atoms with Crippen LogP contribution in [0.15, 0.2) is 0 Å². The monoisotopic (exact) mass is 468 g/mol. The van der Waals surface area contributed by atoms with E-state index in [1.54, 1.807) is 0 Å². The van der Waals surface area contributed by atoms with E-state index in [2.05, 4.69) is 78.9 Å². The molecule has 0 aliphatic rings. The minimum absolute atomic E-state index is 0. The summed E-state index contributed by atoms with van der Waals surface area (Å²) in [5, 5.41) is 0. The van der Waals surface area contributed by atoms with Crippen molar-refractivity contribution >= 4 is 23.5 Å². The Hall–Kier alpha value is 1.94. The Kier molecular flexibility index (Phi) is 39.5. The van der Waals surface area contributed by atoms with Gasteiger partial charge < -0.3 is 24.8 Å². The maximum Gasteiger partial charge on any atom is 0 e. The van der Waals surface area contributed by atoms with E-state index >= 15 is 0 Å². The zero-order valence-corrected chi connectivity index (χ0v) is 19.7. The summed E-state index contributed by atoms with van der Waals surface area (Å²) in [6.45, 7) is 18.2. The average Bonchev–Trinajstić information content (AvgIpc) is 2.15. The quantitative estimate of drug-likeness (QED) is 0.462. The molecule has 0 fully saturated rings. The van der Waals surface area contributed by atoms with Crippen molar-refractivity contribution in [1.29, 1.82) is 0 Å². The first-order valence-corrected chi connectivity index (χ1v) is 9.72. The van der Waals surface area contributed by atoms with Crippen LogP contribution in [0.5, 0.6) is 0 Å². The second-order valence-corrected chi connectivity index (χ2v) is 8.80. The van der Waals surface area contributed by atoms with Crippen molar-refractivity contribution < 1.29 is 45.2 Å². The molecule has 0 amide bonds. The summed E-state index contributed by atoms with van der Waals surface area (Å²) in [6.07, 6.45) is 0. The standard InChI is InChI=1S/2C8H18S.2ClH.Pd/c2*1-7(2)5-9-6-8(3)4;;;/h2*7-8H,5-6H2,1-4H3;2*1H;/p-2. The van der Waals surface area contributed by atoms with Gasteiger partial charge in [-0.05, 0) is 46.7 Å². The largest absolute Gasteiger partial charge is 1.00 e. The molecule has 0 bridgehead atoms. The maximum atomic E-state index is 2.27. The van der Waals surface area contributed by atoms with Gasteiger partial charge in [-0.3, -0.25) is 0 Å². The average molecular weight is 470 g/mol. The fourth-order valence-electron chi connectivity index (χ4n) is 1.08. The second-order valence-electron chi connectivity index (χ2n) is 6.65. The molecule has 5 heteroatoms. The van der Waals surface area contributed by atoms with Crippen molar-refractivity contribution in [3.63, 3.8) is 0 Å². The van der Waals surface area contributed by atoms with Gasteiger partial charge in [-0.25, -0.2) is 0 Å². The number of rotatable bonds is 8. The van der Waals surface area contributed by atoms with Crippen LogP contribution >= 0.6 is 23.5 Å². The molecule has 138 valence electrons. The first-order chi connectivity index (χ1) is 8.25. The van der Waals surface area contributed by atoms with Gasteiger partial charge in [0.25, 0.3) is 0 Å². The van der Waals surface area contributed by atoms with E-state index in [-0.39, 0.29) is 45.2 Å². The molecule has 0 aliphatic carbocycles. The number of halogens is 2. The molecule has 0 unspecified atom stereocenters. The molecule has 0 aromatic carbocycles. The fourth-order valence-corrected chi connectivity index (χ4v) is 3.24. The zero-order valence-electron chi connectivity index (χ0n) is 15.0. The molecule has 0 spiro atoms. The first kappa shape index (κ1) is 34.3. The predicted octanol–water partition coefficient (Wildman–Crippen LogP) is 0.0687. The van der Waals surface area contributed by atoms with Gasteiger partial charge in [0.1, 0.15) is 0 Å². The van der Waals surface area contributed by atoms with E-state index in [4.69, 9.17) is 0 Å². The molecule has 0 nitrogen and oxygen atoms in total. The molecule has 0 aliphatic heterocycles. The van der Waals surface area contributed by atoms with Crippen molar-refractivity contribution in [2.45, 2.75) is 55.4 Å². The van der Waals surface area contributed by atoms with Crippen LogP contribution in [0.1, 0.15) is 55.4 Å². The van der Waals surface area contributed by atoms with E-state index in [1.807, 2.05) is 0 Å². The van der Waals surface area contributed by atoms with Crippen LogP contribution in [0.3, 0.4) is 0 Å². The van der Waals surface area contributed by atoms with Crippen molar-refractivity contribution in [2.24, 2.45) is 23.7 Å². The number of thioether (sulfide) groups is 2. The summed E-state index contributed by atoms with van der Waals surface area (Å²) in [5.41, 5.74) is 0. The van der Waals surface area contributed by atoms with E-state index in [0.717, 1.165) is 23.7 Å². The van der Waals surface area contributed by atoms with E-state index in [9.17, 15) is 0 Å². The summed E-state index contributed by atoms with van der Waals surface area (Å²) in [6, 6.07) is 0. The van der Waals surface area contributed by atoms with Gasteiger partial charge in [0.05, 0.1) is 0 Å². The molecule has 0 aromatic rings. The van der Waals surface area contributed by atoms with Crippen LogP contribution in [0.4, 0.5) is 0 Å². The first-order valence-electron chi connectivity index (χ1n) is 7.41. The van der Waals surface area contributed by atoms with Crippen molar-refractivity contribution in [1.82, 2.24) is 0 Å². The van der Waals surface area contributed by atoms with E-state index in [1.165, 1.54) is 23.0 Å². The third kappa shape index (κ3) is 44.9. The minimum Gasteiger partial charge on any atom is -1.00 e. The second kappa shape index (κ2) is 24.2. The molecule has 0 heterocycles. The van der Waals surface area contributed by atoms with Crippen LogP contribution in [-0.4, -0.2) is 23.0 Å². The zero-order chi connectivity index (χ0) is 14.6. The van der Waals surface area contributed by atoms with Crippen LogP contribution in [0, 0.1) is 23.7 Å². The summed E-state index contributed by atoms with van der Waals surface area (Å²) in [4.78, 5) is 0. The van der Waals surface area contributed by atoms with E-state index in [0.29, 0.717) is 0 Å². The van der Waals surface area contributed by atoms with Gasteiger partial charge in [-0.1, -0.05) is 55.4 Å². The van der Waals surface area contributed by atoms with Gasteiger partial charge in [0, 0.05) is 20.4 Å². The number of hydrogen-bond donors (Lipinski definition) is 0. The van der Waals surface area contributed by atoms with Crippen LogP contribution in [0.2, 0.25) is 0 Å². The molecule has 0 N–H and O–H groups in total. The predicted molar refractivity (Wildman–Crippen MR) is 94.0 cm³/mol. The fraction of sp³-hybridized carbons (Fsp3) is 1.00. The Bertz CT molecular complexity index is 132. The molecule has 0 saturated heterocycles. The number of hydrogen-bond acceptors (Lipinski definition) is 2. The Morgan fingerprint density at radius 3 is 0.714 bits per heavy atom. The molecule has 0 radical (unpaired) electrons. The topological polar surface area (TPSA) is 0 Å². The molecular weight excluding hydrogens is 434 g/mol. The van der Waals surface area contributed by atoms with Crippen LogP contribution < -0.4 is 24.8 Å². The van der Waals surface area contributed by atoms with Gasteiger partial charge in [-0.2, -0.15) is 23.5 Å². The van der Waals surface area contributed by atoms with Crippen LogP contribution in [-0.2, 0) is 20.4 Å². The maximum absolute atomic E-state index is 2.27. The van der Waals surface area contributed by atoms with Crippen LogP contribution in [0.25, 0.3) is 0 Å². The summed E-state index contributed by atoms with van der Waals surface area (Å²) in [5.74, 6) is 8.69. The Morgan fingerprint density at radius 2 is 0.619 bits per heavy atom. The van der Waals surface area contributed by atoms with Gasteiger partial charge >= 0.3 is 0 Å². The Labute approximate surface area is 170 Å². The minimum atomic E-state index is 0. The van der Waals surface area contributed by atoms with Gasteiger partial charge in [-0.15, -0.1) is 0 Å². The third-order valence-corrected chi connectivity index (χ3v) is 5.41. The van der Waals surface area contributed by atoms with Gasteiger partial charge in [0.2, 0.25) is 0 Å². The summed E-state index contributed by atoms with van der Waals surface area (Å²) in [7, 11) is 0. The molecular formula is C16H36Cl2PdS2-2. The smallest absolute Gasteiger partial charge is 0 e. The SMILES string of the molecule is CC(C)CSCC(C)C.CC(C)CSCC(C)C.[Cl-].[Cl-].[Pd]. The molecule has 0 saturated carbocycles.